The number of hydrogen-bond acceptors (Lipinski definition) is 4. The molecule has 0 radical (unpaired) electrons. The molecule has 1 fully saturated rings. The van der Waals surface area contributed by atoms with Crippen molar-refractivity contribution in [3.63, 3.8) is 0 Å². The SMILES string of the molecule is CN(C)c1ccc(CNC(=O)C2CCCN(c3nc4ccc(Cl)cc4[nH]3)C2)cc1. The summed E-state index contributed by atoms with van der Waals surface area (Å²) >= 11 is 6.07. The molecule has 2 heterocycles. The average molecular weight is 412 g/mol. The first-order chi connectivity index (χ1) is 14.0. The van der Waals surface area contributed by atoms with Gasteiger partial charge in [0.25, 0.3) is 0 Å². The first kappa shape index (κ1) is 19.6. The minimum Gasteiger partial charge on any atom is -0.378 e. The molecule has 7 heteroatoms. The molecule has 1 atom stereocenters. The van der Waals surface area contributed by atoms with Crippen LogP contribution in [0.4, 0.5) is 11.6 Å². The summed E-state index contributed by atoms with van der Waals surface area (Å²) < 4.78 is 0. The van der Waals surface area contributed by atoms with Crippen molar-refractivity contribution in [2.24, 2.45) is 5.92 Å². The van der Waals surface area contributed by atoms with E-state index in [1.807, 2.05) is 32.3 Å². The normalized spacial score (nSPS) is 16.8. The van der Waals surface area contributed by atoms with Crippen molar-refractivity contribution >= 4 is 40.2 Å². The Balaban J connectivity index is 1.37. The lowest BCUT2D eigenvalue weighted by atomic mass is 9.97. The molecule has 1 amide bonds. The molecule has 29 heavy (non-hydrogen) atoms. The maximum Gasteiger partial charge on any atom is 0.225 e. The Kier molecular flexibility index (Phi) is 5.62. The standard InChI is InChI=1S/C22H26ClN5O/c1-27(2)18-8-5-15(6-9-18)13-24-21(29)16-4-3-11-28(14-16)22-25-19-10-7-17(23)12-20(19)26-22/h5-10,12,16H,3-4,11,13-14H2,1-2H3,(H,24,29)(H,25,26). The molecule has 0 bridgehead atoms. The highest BCUT2D eigenvalue weighted by atomic mass is 35.5. The summed E-state index contributed by atoms with van der Waals surface area (Å²) in [6, 6.07) is 13.9. The van der Waals surface area contributed by atoms with Gasteiger partial charge < -0.3 is 20.1 Å². The van der Waals surface area contributed by atoms with Crippen LogP contribution < -0.4 is 15.1 Å². The second-order valence-corrected chi connectivity index (χ2v) is 8.22. The first-order valence-electron chi connectivity index (χ1n) is 9.94. The highest BCUT2D eigenvalue weighted by Crippen LogP contribution is 2.25. The molecule has 4 rings (SSSR count). The third kappa shape index (κ3) is 4.48. The van der Waals surface area contributed by atoms with Crippen LogP contribution in [0.3, 0.4) is 0 Å². The number of nitrogens with one attached hydrogen (secondary N) is 2. The van der Waals surface area contributed by atoms with Gasteiger partial charge in [-0.15, -0.1) is 0 Å². The van der Waals surface area contributed by atoms with Gasteiger partial charge in [0.2, 0.25) is 11.9 Å². The number of aromatic nitrogens is 2. The van der Waals surface area contributed by atoms with Crippen LogP contribution >= 0.6 is 11.6 Å². The van der Waals surface area contributed by atoms with Gasteiger partial charge in [0, 0.05) is 44.4 Å². The van der Waals surface area contributed by atoms with Crippen LogP contribution in [0.1, 0.15) is 18.4 Å². The minimum atomic E-state index is -0.0402. The summed E-state index contributed by atoms with van der Waals surface area (Å²) in [7, 11) is 4.03. The number of carbonyl (C=O) groups excluding carboxylic acids is 1. The van der Waals surface area contributed by atoms with Crippen molar-refractivity contribution in [1.82, 2.24) is 15.3 Å². The number of carbonyl (C=O) groups is 1. The van der Waals surface area contributed by atoms with Crippen LogP contribution in [0.15, 0.2) is 42.5 Å². The van der Waals surface area contributed by atoms with Crippen molar-refractivity contribution in [1.29, 1.82) is 0 Å². The van der Waals surface area contributed by atoms with E-state index in [2.05, 4.69) is 49.4 Å². The summed E-state index contributed by atoms with van der Waals surface area (Å²) in [5.41, 5.74) is 4.05. The van der Waals surface area contributed by atoms with E-state index in [1.54, 1.807) is 0 Å². The quantitative estimate of drug-likeness (QED) is 0.670. The topological polar surface area (TPSA) is 64.3 Å². The van der Waals surface area contributed by atoms with E-state index in [1.165, 1.54) is 0 Å². The molecule has 3 aromatic rings. The third-order valence-electron chi connectivity index (χ3n) is 5.44. The number of halogens is 1. The zero-order valence-corrected chi connectivity index (χ0v) is 17.5. The van der Waals surface area contributed by atoms with Gasteiger partial charge in [-0.05, 0) is 48.7 Å². The molecule has 152 valence electrons. The Bertz CT molecular complexity index is 998. The third-order valence-corrected chi connectivity index (χ3v) is 5.68. The first-order valence-corrected chi connectivity index (χ1v) is 10.3. The Morgan fingerprint density at radius 3 is 2.83 bits per heavy atom. The Hall–Kier alpha value is -2.73. The van der Waals surface area contributed by atoms with Gasteiger partial charge in [-0.3, -0.25) is 4.79 Å². The zero-order chi connectivity index (χ0) is 20.4. The molecule has 1 aliphatic heterocycles. The number of hydrogen-bond donors (Lipinski definition) is 2. The van der Waals surface area contributed by atoms with Crippen molar-refractivity contribution in [2.45, 2.75) is 19.4 Å². The molecular weight excluding hydrogens is 386 g/mol. The predicted molar refractivity (Wildman–Crippen MR) is 119 cm³/mol. The van der Waals surface area contributed by atoms with Crippen LogP contribution in [0, 0.1) is 5.92 Å². The second kappa shape index (κ2) is 8.33. The van der Waals surface area contributed by atoms with E-state index >= 15 is 0 Å². The van der Waals surface area contributed by atoms with E-state index in [0.717, 1.165) is 47.6 Å². The van der Waals surface area contributed by atoms with Gasteiger partial charge in [-0.25, -0.2) is 4.98 Å². The van der Waals surface area contributed by atoms with Crippen molar-refractivity contribution in [3.8, 4) is 0 Å². The predicted octanol–water partition coefficient (Wildman–Crippen LogP) is 3.82. The van der Waals surface area contributed by atoms with Crippen LogP contribution in [0.25, 0.3) is 11.0 Å². The molecule has 2 N–H and O–H groups in total. The molecule has 2 aromatic carbocycles. The minimum absolute atomic E-state index is 0.0402. The lowest BCUT2D eigenvalue weighted by Gasteiger charge is -2.31. The molecule has 1 unspecified atom stereocenters. The van der Waals surface area contributed by atoms with Crippen LogP contribution in [-0.2, 0) is 11.3 Å². The molecule has 0 spiro atoms. The second-order valence-electron chi connectivity index (χ2n) is 7.79. The number of benzene rings is 2. The number of fused-ring (bicyclic) bond motifs is 1. The van der Waals surface area contributed by atoms with Gasteiger partial charge in [0.05, 0.1) is 17.0 Å². The van der Waals surface area contributed by atoms with Crippen molar-refractivity contribution in [3.05, 3.63) is 53.1 Å². The van der Waals surface area contributed by atoms with Gasteiger partial charge in [-0.1, -0.05) is 23.7 Å². The fourth-order valence-electron chi connectivity index (χ4n) is 3.75. The maximum atomic E-state index is 12.7. The zero-order valence-electron chi connectivity index (χ0n) is 16.8. The fraction of sp³-hybridized carbons (Fsp3) is 0.364. The fourth-order valence-corrected chi connectivity index (χ4v) is 3.92. The monoisotopic (exact) mass is 411 g/mol. The van der Waals surface area contributed by atoms with Crippen LogP contribution in [0.2, 0.25) is 5.02 Å². The van der Waals surface area contributed by atoms with Crippen molar-refractivity contribution in [2.75, 3.05) is 37.0 Å². The largest absolute Gasteiger partial charge is 0.378 e. The van der Waals surface area contributed by atoms with E-state index in [4.69, 9.17) is 11.6 Å². The highest BCUT2D eigenvalue weighted by Gasteiger charge is 2.27. The Morgan fingerprint density at radius 2 is 2.07 bits per heavy atom. The molecule has 1 aliphatic rings. The number of aromatic amines is 1. The number of amides is 1. The number of piperidine rings is 1. The molecule has 6 nitrogen and oxygen atoms in total. The summed E-state index contributed by atoms with van der Waals surface area (Å²) in [6.07, 6.45) is 1.86. The van der Waals surface area contributed by atoms with E-state index < -0.39 is 0 Å². The Morgan fingerprint density at radius 1 is 1.28 bits per heavy atom. The van der Waals surface area contributed by atoms with Gasteiger partial charge in [0.15, 0.2) is 0 Å². The number of imidazole rings is 1. The van der Waals surface area contributed by atoms with E-state index in [0.29, 0.717) is 18.1 Å². The number of H-pyrrole nitrogens is 1. The molecular formula is C22H26ClN5O. The van der Waals surface area contributed by atoms with E-state index in [-0.39, 0.29) is 11.8 Å². The van der Waals surface area contributed by atoms with E-state index in [9.17, 15) is 4.79 Å². The number of rotatable bonds is 5. The smallest absolute Gasteiger partial charge is 0.225 e. The van der Waals surface area contributed by atoms with Crippen molar-refractivity contribution < 1.29 is 4.79 Å². The molecule has 1 saturated heterocycles. The molecule has 1 aromatic heterocycles. The summed E-state index contributed by atoms with van der Waals surface area (Å²) in [4.78, 5) is 25.0. The average Bonchev–Trinajstić information content (AvgIpc) is 3.15. The maximum absolute atomic E-state index is 12.7. The number of nitrogens with zero attached hydrogens (tertiary/aromatic N) is 3. The summed E-state index contributed by atoms with van der Waals surface area (Å²) in [6.45, 7) is 2.11. The van der Waals surface area contributed by atoms with Crippen LogP contribution in [0.5, 0.6) is 0 Å². The highest BCUT2D eigenvalue weighted by molar-refractivity contribution is 6.31. The summed E-state index contributed by atoms with van der Waals surface area (Å²) in [5, 5.41) is 3.78. The number of anilines is 2. The van der Waals surface area contributed by atoms with Gasteiger partial charge >= 0.3 is 0 Å². The molecule has 0 saturated carbocycles. The lowest BCUT2D eigenvalue weighted by molar-refractivity contribution is -0.125. The lowest BCUT2D eigenvalue weighted by Crippen LogP contribution is -2.43. The Labute approximate surface area is 175 Å². The summed E-state index contributed by atoms with van der Waals surface area (Å²) in [5.74, 6) is 0.867. The van der Waals surface area contributed by atoms with Crippen LogP contribution in [-0.4, -0.2) is 43.1 Å². The van der Waals surface area contributed by atoms with Gasteiger partial charge in [-0.2, -0.15) is 0 Å². The van der Waals surface area contributed by atoms with Gasteiger partial charge in [0.1, 0.15) is 0 Å². The molecule has 0 aliphatic carbocycles.